The summed E-state index contributed by atoms with van der Waals surface area (Å²) in [6, 6.07) is 0. The summed E-state index contributed by atoms with van der Waals surface area (Å²) in [6.45, 7) is 14.7. The standard InChI is InChI=1S/C19H38N4O2/c1-5-20-17(22-15-19(4)9-7-6-8-16(19)24)21-14-18(2,3)23-10-12-25-13-11-23/h16,24H,5-15H2,1-4H3,(H2,20,21,22). The van der Waals surface area contributed by atoms with Crippen molar-refractivity contribution in [2.45, 2.75) is 65.0 Å². The Morgan fingerprint density at radius 2 is 2.00 bits per heavy atom. The van der Waals surface area contributed by atoms with Gasteiger partial charge in [-0.15, -0.1) is 0 Å². The van der Waals surface area contributed by atoms with Crippen LogP contribution in [-0.4, -0.2) is 73.5 Å². The fraction of sp³-hybridized carbons (Fsp3) is 0.947. The summed E-state index contributed by atoms with van der Waals surface area (Å²) in [5.74, 6) is 0.850. The normalized spacial score (nSPS) is 29.5. The van der Waals surface area contributed by atoms with Crippen LogP contribution in [0.4, 0.5) is 0 Å². The van der Waals surface area contributed by atoms with Crippen molar-refractivity contribution in [3.05, 3.63) is 0 Å². The summed E-state index contributed by atoms with van der Waals surface area (Å²) in [5.41, 5.74) is -0.0471. The molecule has 2 aliphatic rings. The molecule has 0 spiro atoms. The quantitative estimate of drug-likeness (QED) is 0.499. The van der Waals surface area contributed by atoms with Crippen LogP contribution in [0.3, 0.4) is 0 Å². The minimum Gasteiger partial charge on any atom is -0.392 e. The second-order valence-corrected chi connectivity index (χ2v) is 8.38. The van der Waals surface area contributed by atoms with Crippen LogP contribution >= 0.6 is 0 Å². The van der Waals surface area contributed by atoms with E-state index in [9.17, 15) is 5.11 Å². The number of morpholine rings is 1. The van der Waals surface area contributed by atoms with Crippen molar-refractivity contribution < 1.29 is 9.84 Å². The molecule has 0 amide bonds. The molecule has 2 unspecified atom stereocenters. The Hall–Kier alpha value is -0.850. The molecule has 0 aromatic heterocycles. The van der Waals surface area contributed by atoms with E-state index in [1.54, 1.807) is 0 Å². The molecule has 0 bridgehead atoms. The molecule has 0 aromatic carbocycles. The highest BCUT2D eigenvalue weighted by atomic mass is 16.5. The summed E-state index contributed by atoms with van der Waals surface area (Å²) in [5, 5.41) is 17.2. The van der Waals surface area contributed by atoms with Crippen molar-refractivity contribution in [3.8, 4) is 0 Å². The van der Waals surface area contributed by atoms with Gasteiger partial charge in [-0.25, -0.2) is 0 Å². The minimum atomic E-state index is -0.221. The molecule has 1 aliphatic heterocycles. The van der Waals surface area contributed by atoms with Gasteiger partial charge < -0.3 is 20.5 Å². The van der Waals surface area contributed by atoms with E-state index < -0.39 is 0 Å². The van der Waals surface area contributed by atoms with Gasteiger partial charge in [0.05, 0.1) is 25.9 Å². The lowest BCUT2D eigenvalue weighted by molar-refractivity contribution is -0.00691. The van der Waals surface area contributed by atoms with Gasteiger partial charge in [-0.3, -0.25) is 9.89 Å². The van der Waals surface area contributed by atoms with Crippen molar-refractivity contribution >= 4 is 5.96 Å². The molecular weight excluding hydrogens is 316 g/mol. The van der Waals surface area contributed by atoms with Gasteiger partial charge in [0, 0.05) is 37.1 Å². The van der Waals surface area contributed by atoms with Crippen molar-refractivity contribution in [2.75, 3.05) is 45.9 Å². The molecule has 0 aromatic rings. The maximum absolute atomic E-state index is 10.4. The van der Waals surface area contributed by atoms with Gasteiger partial charge in [-0.05, 0) is 33.6 Å². The summed E-state index contributed by atoms with van der Waals surface area (Å²) >= 11 is 0. The average Bonchev–Trinajstić information content (AvgIpc) is 2.61. The number of aliphatic imine (C=N–C) groups is 1. The van der Waals surface area contributed by atoms with E-state index in [4.69, 9.17) is 9.73 Å². The fourth-order valence-electron chi connectivity index (χ4n) is 3.76. The van der Waals surface area contributed by atoms with E-state index in [0.717, 1.165) is 71.2 Å². The lowest BCUT2D eigenvalue weighted by Crippen LogP contribution is -2.52. The molecule has 1 heterocycles. The second kappa shape index (κ2) is 9.19. The Balaban J connectivity index is 1.93. The Morgan fingerprint density at radius 1 is 1.28 bits per heavy atom. The first-order valence-electron chi connectivity index (χ1n) is 9.90. The Bertz CT molecular complexity index is 435. The summed E-state index contributed by atoms with van der Waals surface area (Å²) in [4.78, 5) is 7.29. The molecule has 1 aliphatic carbocycles. The number of aliphatic hydroxyl groups excluding tert-OH is 1. The van der Waals surface area contributed by atoms with Gasteiger partial charge in [0.25, 0.3) is 0 Å². The van der Waals surface area contributed by atoms with E-state index >= 15 is 0 Å². The number of hydrogen-bond acceptors (Lipinski definition) is 4. The summed E-state index contributed by atoms with van der Waals surface area (Å²) < 4.78 is 5.46. The van der Waals surface area contributed by atoms with Crippen LogP contribution in [-0.2, 0) is 4.74 Å². The van der Waals surface area contributed by atoms with Crippen LogP contribution in [0, 0.1) is 5.41 Å². The highest BCUT2D eigenvalue weighted by molar-refractivity contribution is 5.79. The SMILES string of the molecule is CCNC(=NCC(C)(C)N1CCOCC1)NCC1(C)CCCCC1O. The van der Waals surface area contributed by atoms with E-state index in [1.165, 1.54) is 6.42 Å². The number of rotatable bonds is 6. The lowest BCUT2D eigenvalue weighted by Gasteiger charge is -2.40. The van der Waals surface area contributed by atoms with E-state index in [0.29, 0.717) is 0 Å². The maximum Gasteiger partial charge on any atom is 0.191 e. The van der Waals surface area contributed by atoms with E-state index in [-0.39, 0.29) is 17.1 Å². The predicted molar refractivity (Wildman–Crippen MR) is 103 cm³/mol. The maximum atomic E-state index is 10.4. The Labute approximate surface area is 153 Å². The molecule has 2 atom stereocenters. The number of guanidine groups is 1. The Morgan fingerprint density at radius 3 is 2.64 bits per heavy atom. The zero-order chi connectivity index (χ0) is 18.3. The van der Waals surface area contributed by atoms with E-state index in [1.807, 2.05) is 0 Å². The average molecular weight is 355 g/mol. The third-order valence-electron chi connectivity index (χ3n) is 5.78. The molecular formula is C19H38N4O2. The molecule has 0 radical (unpaired) electrons. The highest BCUT2D eigenvalue weighted by Gasteiger charge is 2.35. The first kappa shape index (κ1) is 20.5. The predicted octanol–water partition coefficient (Wildman–Crippen LogP) is 1.59. The number of hydrogen-bond donors (Lipinski definition) is 3. The molecule has 1 saturated heterocycles. The smallest absolute Gasteiger partial charge is 0.191 e. The highest BCUT2D eigenvalue weighted by Crippen LogP contribution is 2.35. The molecule has 25 heavy (non-hydrogen) atoms. The molecule has 2 rings (SSSR count). The first-order chi connectivity index (χ1) is 11.9. The van der Waals surface area contributed by atoms with Gasteiger partial charge in [-0.1, -0.05) is 19.8 Å². The van der Waals surface area contributed by atoms with Gasteiger partial charge in [0.1, 0.15) is 0 Å². The number of nitrogens with one attached hydrogen (secondary N) is 2. The monoisotopic (exact) mass is 354 g/mol. The van der Waals surface area contributed by atoms with Crippen LogP contribution in [0.15, 0.2) is 4.99 Å². The zero-order valence-electron chi connectivity index (χ0n) is 16.6. The molecule has 3 N–H and O–H groups in total. The summed E-state index contributed by atoms with van der Waals surface area (Å²) in [6.07, 6.45) is 4.10. The molecule has 6 heteroatoms. The van der Waals surface area contributed by atoms with Crippen LogP contribution in [0.2, 0.25) is 0 Å². The van der Waals surface area contributed by atoms with Gasteiger partial charge in [0.2, 0.25) is 0 Å². The third kappa shape index (κ3) is 5.83. The van der Waals surface area contributed by atoms with Crippen LogP contribution in [0.1, 0.15) is 53.4 Å². The molecule has 6 nitrogen and oxygen atoms in total. The van der Waals surface area contributed by atoms with Crippen molar-refractivity contribution in [2.24, 2.45) is 10.4 Å². The number of nitrogens with zero attached hydrogens (tertiary/aromatic N) is 2. The second-order valence-electron chi connectivity index (χ2n) is 8.38. The first-order valence-corrected chi connectivity index (χ1v) is 9.90. The lowest BCUT2D eigenvalue weighted by atomic mass is 9.73. The van der Waals surface area contributed by atoms with Gasteiger partial charge in [-0.2, -0.15) is 0 Å². The van der Waals surface area contributed by atoms with Crippen molar-refractivity contribution in [1.29, 1.82) is 0 Å². The molecule has 2 fully saturated rings. The third-order valence-corrected chi connectivity index (χ3v) is 5.78. The van der Waals surface area contributed by atoms with Crippen LogP contribution < -0.4 is 10.6 Å². The van der Waals surface area contributed by atoms with Crippen molar-refractivity contribution in [1.82, 2.24) is 15.5 Å². The fourth-order valence-corrected chi connectivity index (χ4v) is 3.76. The van der Waals surface area contributed by atoms with Gasteiger partial charge >= 0.3 is 0 Å². The number of ether oxygens (including phenoxy) is 1. The summed E-state index contributed by atoms with van der Waals surface area (Å²) in [7, 11) is 0. The van der Waals surface area contributed by atoms with E-state index in [2.05, 4.69) is 43.2 Å². The zero-order valence-corrected chi connectivity index (χ0v) is 16.6. The largest absolute Gasteiger partial charge is 0.392 e. The number of aliphatic hydroxyl groups is 1. The molecule has 146 valence electrons. The van der Waals surface area contributed by atoms with Crippen LogP contribution in [0.25, 0.3) is 0 Å². The van der Waals surface area contributed by atoms with Gasteiger partial charge in [0.15, 0.2) is 5.96 Å². The Kier molecular flexibility index (Phi) is 7.52. The topological polar surface area (TPSA) is 69.1 Å². The van der Waals surface area contributed by atoms with Crippen molar-refractivity contribution in [3.63, 3.8) is 0 Å². The minimum absolute atomic E-state index is 0.0143. The van der Waals surface area contributed by atoms with Crippen LogP contribution in [0.5, 0.6) is 0 Å². The molecule has 1 saturated carbocycles.